The molecule has 0 aliphatic heterocycles. The molecule has 0 fully saturated rings. The fraction of sp³-hybridized carbons (Fsp3) is 0.190. The molecule has 0 unspecified atom stereocenters. The Kier molecular flexibility index (Phi) is 6.97. The quantitative estimate of drug-likeness (QED) is 0.573. The van der Waals surface area contributed by atoms with E-state index in [1.54, 1.807) is 18.2 Å². The van der Waals surface area contributed by atoms with Crippen molar-refractivity contribution in [3.05, 3.63) is 81.9 Å². The topological polar surface area (TPSA) is 73.2 Å². The van der Waals surface area contributed by atoms with Crippen LogP contribution in [0.4, 0.5) is 4.39 Å². The minimum absolute atomic E-state index is 0.171. The summed E-state index contributed by atoms with van der Waals surface area (Å²) in [5, 5.41) is 7.70. The molecule has 2 aromatic carbocycles. The smallest absolute Gasteiger partial charge is 0.266 e. The van der Waals surface area contributed by atoms with Crippen molar-refractivity contribution in [1.29, 1.82) is 0 Å². The van der Waals surface area contributed by atoms with Crippen LogP contribution in [0.1, 0.15) is 6.42 Å². The van der Waals surface area contributed by atoms with Gasteiger partial charge in [-0.3, -0.25) is 9.59 Å². The third-order valence-electron chi connectivity index (χ3n) is 4.06. The van der Waals surface area contributed by atoms with Crippen LogP contribution in [-0.2, 0) is 11.3 Å². The molecule has 0 atom stereocenters. The van der Waals surface area contributed by atoms with Gasteiger partial charge < -0.3 is 10.1 Å². The molecule has 0 bridgehead atoms. The van der Waals surface area contributed by atoms with E-state index in [-0.39, 0.29) is 23.9 Å². The largest absolute Gasteiger partial charge is 0.484 e. The number of carbonyl (C=O) groups excluding carboxylic acids is 1. The van der Waals surface area contributed by atoms with Crippen LogP contribution in [0.15, 0.2) is 65.5 Å². The van der Waals surface area contributed by atoms with Crippen LogP contribution in [-0.4, -0.2) is 28.8 Å². The first-order chi connectivity index (χ1) is 14.0. The Morgan fingerprint density at radius 1 is 1.07 bits per heavy atom. The molecule has 1 N–H and O–H groups in total. The van der Waals surface area contributed by atoms with Crippen molar-refractivity contribution in [3.63, 3.8) is 0 Å². The Morgan fingerprint density at radius 3 is 2.52 bits per heavy atom. The Bertz CT molecular complexity index is 1020. The maximum atomic E-state index is 12.8. The van der Waals surface area contributed by atoms with E-state index in [1.807, 2.05) is 12.1 Å². The average molecular weight is 416 g/mol. The van der Waals surface area contributed by atoms with Crippen molar-refractivity contribution in [2.24, 2.45) is 0 Å². The lowest BCUT2D eigenvalue weighted by molar-refractivity contribution is -0.123. The maximum Gasteiger partial charge on any atom is 0.266 e. The van der Waals surface area contributed by atoms with E-state index in [4.69, 9.17) is 16.3 Å². The summed E-state index contributed by atoms with van der Waals surface area (Å²) in [4.78, 5) is 23.8. The Morgan fingerprint density at radius 2 is 1.79 bits per heavy atom. The first kappa shape index (κ1) is 20.5. The molecule has 0 spiro atoms. The van der Waals surface area contributed by atoms with Gasteiger partial charge in [0.05, 0.1) is 5.69 Å². The van der Waals surface area contributed by atoms with E-state index in [9.17, 15) is 14.0 Å². The van der Waals surface area contributed by atoms with Gasteiger partial charge in [0.2, 0.25) is 0 Å². The number of aryl methyl sites for hydroxylation is 1. The zero-order valence-corrected chi connectivity index (χ0v) is 16.2. The highest BCUT2D eigenvalue weighted by Crippen LogP contribution is 2.18. The molecule has 1 heterocycles. The summed E-state index contributed by atoms with van der Waals surface area (Å²) in [7, 11) is 0. The number of rotatable bonds is 8. The normalized spacial score (nSPS) is 10.6. The summed E-state index contributed by atoms with van der Waals surface area (Å²) in [6.07, 6.45) is 0.527. The molecule has 1 amide bonds. The Hall–Kier alpha value is -3.19. The second-order valence-corrected chi connectivity index (χ2v) is 6.67. The van der Waals surface area contributed by atoms with E-state index in [0.29, 0.717) is 36.0 Å². The summed E-state index contributed by atoms with van der Waals surface area (Å²) in [6.45, 7) is 0.556. The molecular formula is C21H19ClFN3O3. The van der Waals surface area contributed by atoms with Crippen LogP contribution in [0, 0.1) is 5.82 Å². The first-order valence-electron chi connectivity index (χ1n) is 9.00. The maximum absolute atomic E-state index is 12.8. The fourth-order valence-electron chi connectivity index (χ4n) is 2.57. The number of hydrogen-bond donors (Lipinski definition) is 1. The van der Waals surface area contributed by atoms with Crippen LogP contribution < -0.4 is 15.6 Å². The predicted octanol–water partition coefficient (Wildman–Crippen LogP) is 3.29. The van der Waals surface area contributed by atoms with Crippen molar-refractivity contribution in [2.75, 3.05) is 13.2 Å². The lowest BCUT2D eigenvalue weighted by Crippen LogP contribution is -2.31. The van der Waals surface area contributed by atoms with Crippen LogP contribution in [0.2, 0.25) is 5.02 Å². The number of benzene rings is 2. The third kappa shape index (κ3) is 6.15. The Balaban J connectivity index is 1.46. The van der Waals surface area contributed by atoms with Gasteiger partial charge in [0.25, 0.3) is 11.5 Å². The van der Waals surface area contributed by atoms with Gasteiger partial charge in [-0.1, -0.05) is 23.7 Å². The highest BCUT2D eigenvalue weighted by Gasteiger charge is 2.05. The number of amides is 1. The molecule has 8 heteroatoms. The summed E-state index contributed by atoms with van der Waals surface area (Å²) in [5.41, 5.74) is 1.31. The van der Waals surface area contributed by atoms with Crippen LogP contribution >= 0.6 is 11.6 Å². The highest BCUT2D eigenvalue weighted by molar-refractivity contribution is 6.30. The molecule has 0 radical (unpaired) electrons. The predicted molar refractivity (Wildman–Crippen MR) is 108 cm³/mol. The molecule has 3 rings (SSSR count). The summed E-state index contributed by atoms with van der Waals surface area (Å²) in [6, 6.07) is 15.7. The Labute approximate surface area is 171 Å². The molecule has 6 nitrogen and oxygen atoms in total. The molecule has 1 aromatic heterocycles. The van der Waals surface area contributed by atoms with Gasteiger partial charge in [-0.15, -0.1) is 0 Å². The van der Waals surface area contributed by atoms with Crippen molar-refractivity contribution >= 4 is 17.5 Å². The minimum atomic E-state index is -0.370. The van der Waals surface area contributed by atoms with Crippen LogP contribution in [0.25, 0.3) is 11.3 Å². The lowest BCUT2D eigenvalue weighted by atomic mass is 10.1. The fourth-order valence-corrected chi connectivity index (χ4v) is 2.70. The number of carbonyl (C=O) groups is 1. The monoisotopic (exact) mass is 415 g/mol. The van der Waals surface area contributed by atoms with Crippen molar-refractivity contribution in [1.82, 2.24) is 15.1 Å². The van der Waals surface area contributed by atoms with Crippen molar-refractivity contribution < 1.29 is 13.9 Å². The second kappa shape index (κ2) is 9.84. The van der Waals surface area contributed by atoms with Crippen LogP contribution in [0.5, 0.6) is 5.75 Å². The SMILES string of the molecule is O=C(COc1ccc(F)cc1)NCCCn1nc(-c2ccc(Cl)cc2)ccc1=O. The lowest BCUT2D eigenvalue weighted by Gasteiger charge is -2.09. The minimum Gasteiger partial charge on any atom is -0.484 e. The molecule has 0 aliphatic rings. The number of nitrogens with one attached hydrogen (secondary N) is 1. The molecule has 0 aliphatic carbocycles. The standard InChI is InChI=1S/C21H19ClFN3O3/c22-16-4-2-15(3-5-16)19-10-11-21(28)26(25-19)13-1-12-24-20(27)14-29-18-8-6-17(23)7-9-18/h2-11H,1,12-14H2,(H,24,27). The first-order valence-corrected chi connectivity index (χ1v) is 9.38. The van der Waals surface area contributed by atoms with E-state index >= 15 is 0 Å². The number of ether oxygens (including phenoxy) is 1. The number of halogens is 2. The van der Waals surface area contributed by atoms with Gasteiger partial charge in [-0.25, -0.2) is 9.07 Å². The van der Waals surface area contributed by atoms with Gasteiger partial charge in [0, 0.05) is 29.7 Å². The van der Waals surface area contributed by atoms with Gasteiger partial charge in [-0.05, 0) is 48.9 Å². The van der Waals surface area contributed by atoms with E-state index in [2.05, 4.69) is 10.4 Å². The zero-order chi connectivity index (χ0) is 20.6. The number of nitrogens with zero attached hydrogens (tertiary/aromatic N) is 2. The summed E-state index contributed by atoms with van der Waals surface area (Å²) < 4.78 is 19.5. The van der Waals surface area contributed by atoms with Crippen LogP contribution in [0.3, 0.4) is 0 Å². The highest BCUT2D eigenvalue weighted by atomic mass is 35.5. The van der Waals surface area contributed by atoms with E-state index in [1.165, 1.54) is 35.0 Å². The second-order valence-electron chi connectivity index (χ2n) is 6.23. The van der Waals surface area contributed by atoms with Crippen molar-refractivity contribution in [3.8, 4) is 17.0 Å². The van der Waals surface area contributed by atoms with E-state index < -0.39 is 0 Å². The summed E-state index contributed by atoms with van der Waals surface area (Å²) >= 11 is 5.90. The molecule has 3 aromatic rings. The van der Waals surface area contributed by atoms with Gasteiger partial charge >= 0.3 is 0 Å². The third-order valence-corrected chi connectivity index (χ3v) is 4.31. The van der Waals surface area contributed by atoms with Gasteiger partial charge in [0.15, 0.2) is 6.61 Å². The zero-order valence-electron chi connectivity index (χ0n) is 15.5. The van der Waals surface area contributed by atoms with Crippen molar-refractivity contribution in [2.45, 2.75) is 13.0 Å². The molecule has 0 saturated carbocycles. The van der Waals surface area contributed by atoms with Gasteiger partial charge in [0.1, 0.15) is 11.6 Å². The molecular weight excluding hydrogens is 397 g/mol. The number of hydrogen-bond acceptors (Lipinski definition) is 4. The van der Waals surface area contributed by atoms with Gasteiger partial charge in [-0.2, -0.15) is 5.10 Å². The molecule has 150 valence electrons. The average Bonchev–Trinajstić information content (AvgIpc) is 2.72. The summed E-state index contributed by atoms with van der Waals surface area (Å²) in [5.74, 6) is -0.258. The van der Waals surface area contributed by atoms with E-state index in [0.717, 1.165) is 5.56 Å². The molecule has 29 heavy (non-hydrogen) atoms. The number of aromatic nitrogens is 2. The molecule has 0 saturated heterocycles.